The predicted octanol–water partition coefficient (Wildman–Crippen LogP) is 2.79. The van der Waals surface area contributed by atoms with Gasteiger partial charge in [0.1, 0.15) is 11.3 Å². The number of carboxylic acid groups (broad SMARTS) is 1. The van der Waals surface area contributed by atoms with E-state index >= 15 is 0 Å². The van der Waals surface area contributed by atoms with Gasteiger partial charge in [0.05, 0.1) is 5.56 Å². The van der Waals surface area contributed by atoms with Crippen LogP contribution in [0.5, 0.6) is 0 Å². The first-order valence-electron chi connectivity index (χ1n) is 5.38. The van der Waals surface area contributed by atoms with Gasteiger partial charge in [-0.2, -0.15) is 0 Å². The van der Waals surface area contributed by atoms with Crippen LogP contribution in [-0.4, -0.2) is 16.2 Å². The van der Waals surface area contributed by atoms with Crippen molar-refractivity contribution in [2.24, 2.45) is 0 Å². The molecule has 0 unspecified atom stereocenters. The van der Waals surface area contributed by atoms with Crippen molar-refractivity contribution < 1.29 is 14.4 Å². The summed E-state index contributed by atoms with van der Waals surface area (Å²) in [5, 5.41) is 13.7. The van der Waals surface area contributed by atoms with E-state index in [0.29, 0.717) is 5.92 Å². The molecule has 1 fully saturated rings. The van der Waals surface area contributed by atoms with Gasteiger partial charge in [0.15, 0.2) is 0 Å². The molecule has 1 aromatic heterocycles. The fourth-order valence-electron chi connectivity index (χ4n) is 2.06. The van der Waals surface area contributed by atoms with E-state index in [1.165, 1.54) is 6.42 Å². The van der Waals surface area contributed by atoms with E-state index in [2.05, 4.69) is 5.16 Å². The number of rotatable bonds is 2. The van der Waals surface area contributed by atoms with Crippen molar-refractivity contribution in [3.8, 4) is 0 Å². The SMILES string of the molecule is O=C(O)c1ccc2noc(C3CCC3)c2c1. The molecule has 1 aromatic carbocycles. The second-order valence-corrected chi connectivity index (χ2v) is 4.21. The molecule has 4 nitrogen and oxygen atoms in total. The van der Waals surface area contributed by atoms with Crippen LogP contribution in [0.15, 0.2) is 22.7 Å². The highest BCUT2D eigenvalue weighted by molar-refractivity contribution is 5.94. The van der Waals surface area contributed by atoms with Gasteiger partial charge >= 0.3 is 5.97 Å². The number of carboxylic acids is 1. The molecule has 0 bridgehead atoms. The highest BCUT2D eigenvalue weighted by Crippen LogP contribution is 2.39. The van der Waals surface area contributed by atoms with Crippen molar-refractivity contribution in [3.05, 3.63) is 29.5 Å². The molecule has 1 heterocycles. The Bertz CT molecular complexity index is 554. The number of hydrogen-bond acceptors (Lipinski definition) is 3. The van der Waals surface area contributed by atoms with Gasteiger partial charge in [-0.15, -0.1) is 0 Å². The number of carbonyl (C=O) groups is 1. The number of aromatic nitrogens is 1. The van der Waals surface area contributed by atoms with Gasteiger partial charge in [0.2, 0.25) is 0 Å². The lowest BCUT2D eigenvalue weighted by Crippen LogP contribution is -2.08. The van der Waals surface area contributed by atoms with Crippen LogP contribution < -0.4 is 0 Å². The van der Waals surface area contributed by atoms with Crippen LogP contribution >= 0.6 is 0 Å². The third-order valence-electron chi connectivity index (χ3n) is 3.23. The van der Waals surface area contributed by atoms with E-state index in [9.17, 15) is 4.79 Å². The summed E-state index contributed by atoms with van der Waals surface area (Å²) in [4.78, 5) is 10.9. The molecular formula is C12H11NO3. The second kappa shape index (κ2) is 3.33. The van der Waals surface area contributed by atoms with Crippen molar-refractivity contribution in [2.45, 2.75) is 25.2 Å². The normalized spacial score (nSPS) is 16.2. The number of benzene rings is 1. The average molecular weight is 217 g/mol. The molecule has 4 heteroatoms. The zero-order valence-electron chi connectivity index (χ0n) is 8.64. The second-order valence-electron chi connectivity index (χ2n) is 4.21. The Labute approximate surface area is 91.9 Å². The summed E-state index contributed by atoms with van der Waals surface area (Å²) in [5.41, 5.74) is 1.03. The molecule has 1 saturated carbocycles. The molecule has 2 aromatic rings. The first-order valence-corrected chi connectivity index (χ1v) is 5.38. The Morgan fingerprint density at radius 1 is 1.44 bits per heavy atom. The number of hydrogen-bond donors (Lipinski definition) is 1. The summed E-state index contributed by atoms with van der Waals surface area (Å²) in [5.74, 6) is 0.362. The zero-order valence-corrected chi connectivity index (χ0v) is 8.64. The molecule has 3 rings (SSSR count). The molecular weight excluding hydrogens is 206 g/mol. The highest BCUT2D eigenvalue weighted by Gasteiger charge is 2.26. The lowest BCUT2D eigenvalue weighted by atomic mass is 9.82. The third kappa shape index (κ3) is 1.30. The molecule has 0 atom stereocenters. The van der Waals surface area contributed by atoms with Crippen LogP contribution in [0.4, 0.5) is 0 Å². The van der Waals surface area contributed by atoms with Gasteiger partial charge in [0.25, 0.3) is 0 Å². The Morgan fingerprint density at radius 3 is 2.88 bits per heavy atom. The van der Waals surface area contributed by atoms with Gasteiger partial charge in [-0.25, -0.2) is 4.79 Å². The van der Waals surface area contributed by atoms with E-state index in [4.69, 9.17) is 9.63 Å². The standard InChI is InChI=1S/C12H11NO3/c14-12(15)8-4-5-10-9(6-8)11(16-13-10)7-2-1-3-7/h4-7H,1-3H2,(H,14,15). The molecule has 0 spiro atoms. The first kappa shape index (κ1) is 9.39. The maximum absolute atomic E-state index is 10.9. The maximum Gasteiger partial charge on any atom is 0.335 e. The molecule has 1 N–H and O–H groups in total. The average Bonchev–Trinajstić information content (AvgIpc) is 2.59. The van der Waals surface area contributed by atoms with Gasteiger partial charge in [-0.1, -0.05) is 11.6 Å². The minimum Gasteiger partial charge on any atom is -0.478 e. The Hall–Kier alpha value is -1.84. The minimum atomic E-state index is -0.914. The topological polar surface area (TPSA) is 63.3 Å². The van der Waals surface area contributed by atoms with Crippen LogP contribution in [0.25, 0.3) is 10.9 Å². The van der Waals surface area contributed by atoms with E-state index in [1.54, 1.807) is 18.2 Å². The predicted molar refractivity (Wildman–Crippen MR) is 57.6 cm³/mol. The highest BCUT2D eigenvalue weighted by atomic mass is 16.5. The van der Waals surface area contributed by atoms with Crippen molar-refractivity contribution in [3.63, 3.8) is 0 Å². The monoisotopic (exact) mass is 217 g/mol. The molecule has 82 valence electrons. The fourth-order valence-corrected chi connectivity index (χ4v) is 2.06. The summed E-state index contributed by atoms with van der Waals surface area (Å²) >= 11 is 0. The van der Waals surface area contributed by atoms with E-state index in [0.717, 1.165) is 29.5 Å². The molecule has 0 amide bonds. The quantitative estimate of drug-likeness (QED) is 0.840. The first-order chi connectivity index (χ1) is 7.75. The van der Waals surface area contributed by atoms with Crippen molar-refractivity contribution >= 4 is 16.9 Å². The van der Waals surface area contributed by atoms with Crippen molar-refractivity contribution in [1.82, 2.24) is 5.16 Å². The van der Waals surface area contributed by atoms with Crippen LogP contribution in [-0.2, 0) is 0 Å². The third-order valence-corrected chi connectivity index (χ3v) is 3.23. The number of nitrogens with zero attached hydrogens (tertiary/aromatic N) is 1. The molecule has 0 saturated heterocycles. The van der Waals surface area contributed by atoms with Crippen LogP contribution in [0, 0.1) is 0 Å². The Balaban J connectivity index is 2.15. The molecule has 0 aliphatic heterocycles. The minimum absolute atomic E-state index is 0.288. The lowest BCUT2D eigenvalue weighted by molar-refractivity contribution is 0.0697. The van der Waals surface area contributed by atoms with Crippen LogP contribution in [0.3, 0.4) is 0 Å². The fraction of sp³-hybridized carbons (Fsp3) is 0.333. The molecule has 16 heavy (non-hydrogen) atoms. The van der Waals surface area contributed by atoms with Crippen molar-refractivity contribution in [1.29, 1.82) is 0 Å². The van der Waals surface area contributed by atoms with Crippen molar-refractivity contribution in [2.75, 3.05) is 0 Å². The zero-order chi connectivity index (χ0) is 11.1. The summed E-state index contributed by atoms with van der Waals surface area (Å²) in [7, 11) is 0. The van der Waals surface area contributed by atoms with Gasteiger partial charge in [-0.05, 0) is 31.0 Å². The molecule has 0 radical (unpaired) electrons. The molecule has 1 aliphatic rings. The van der Waals surface area contributed by atoms with Gasteiger partial charge in [0, 0.05) is 11.3 Å². The summed E-state index contributed by atoms with van der Waals surface area (Å²) in [6.45, 7) is 0. The van der Waals surface area contributed by atoms with Crippen LogP contribution in [0.2, 0.25) is 0 Å². The lowest BCUT2D eigenvalue weighted by Gasteiger charge is -2.22. The Morgan fingerprint density at radius 2 is 2.25 bits per heavy atom. The van der Waals surface area contributed by atoms with E-state index in [1.807, 2.05) is 0 Å². The molecule has 1 aliphatic carbocycles. The number of aromatic carboxylic acids is 1. The smallest absolute Gasteiger partial charge is 0.335 e. The van der Waals surface area contributed by atoms with Crippen LogP contribution in [0.1, 0.15) is 41.3 Å². The van der Waals surface area contributed by atoms with E-state index < -0.39 is 5.97 Å². The summed E-state index contributed by atoms with van der Waals surface area (Å²) < 4.78 is 5.31. The van der Waals surface area contributed by atoms with Gasteiger partial charge < -0.3 is 9.63 Å². The maximum atomic E-state index is 10.9. The number of fused-ring (bicyclic) bond motifs is 1. The van der Waals surface area contributed by atoms with E-state index in [-0.39, 0.29) is 5.56 Å². The van der Waals surface area contributed by atoms with Gasteiger partial charge in [-0.3, -0.25) is 0 Å². The summed E-state index contributed by atoms with van der Waals surface area (Å²) in [6.07, 6.45) is 3.44. The Kier molecular flexibility index (Phi) is 1.96. The summed E-state index contributed by atoms with van der Waals surface area (Å²) in [6, 6.07) is 4.91. The largest absolute Gasteiger partial charge is 0.478 e.